The van der Waals surface area contributed by atoms with Gasteiger partial charge in [0.1, 0.15) is 5.75 Å². The molecule has 0 unspecified atom stereocenters. The summed E-state index contributed by atoms with van der Waals surface area (Å²) in [6.07, 6.45) is 3.42. The van der Waals surface area contributed by atoms with E-state index in [0.717, 1.165) is 31.8 Å². The van der Waals surface area contributed by atoms with Gasteiger partial charge in [-0.25, -0.2) is 0 Å². The molecule has 1 aromatic rings. The molecule has 1 amide bonds. The predicted octanol–water partition coefficient (Wildman–Crippen LogP) is 2.54. The summed E-state index contributed by atoms with van der Waals surface area (Å²) in [7, 11) is 1.57. The van der Waals surface area contributed by atoms with Crippen LogP contribution in [0.1, 0.15) is 36.5 Å². The Bertz CT molecular complexity index is 451. The number of nitrogens with two attached hydrogens (primary N) is 1. The van der Waals surface area contributed by atoms with Crippen molar-refractivity contribution < 1.29 is 9.53 Å². The summed E-state index contributed by atoms with van der Waals surface area (Å²) in [4.78, 5) is 14.3. The maximum atomic E-state index is 12.4. The number of nitrogens with zero attached hydrogens (tertiary/aromatic N) is 1. The van der Waals surface area contributed by atoms with Gasteiger partial charge >= 0.3 is 0 Å². The fourth-order valence-corrected chi connectivity index (χ4v) is 2.59. The lowest BCUT2D eigenvalue weighted by Crippen LogP contribution is -2.38. The second-order valence-corrected chi connectivity index (χ2v) is 5.10. The lowest BCUT2D eigenvalue weighted by molar-refractivity contribution is 0.0689. The van der Waals surface area contributed by atoms with Crippen molar-refractivity contribution in [2.24, 2.45) is 5.92 Å². The van der Waals surface area contributed by atoms with Crippen molar-refractivity contribution in [3.63, 3.8) is 0 Å². The third-order valence-electron chi connectivity index (χ3n) is 3.96. The molecule has 2 N–H and O–H groups in total. The molecule has 4 heteroatoms. The number of piperidine rings is 1. The summed E-state index contributed by atoms with van der Waals surface area (Å²) in [5, 5.41) is 0. The van der Waals surface area contributed by atoms with Crippen molar-refractivity contribution >= 4 is 11.6 Å². The van der Waals surface area contributed by atoms with E-state index in [9.17, 15) is 4.79 Å². The Morgan fingerprint density at radius 3 is 2.63 bits per heavy atom. The molecule has 1 fully saturated rings. The van der Waals surface area contributed by atoms with Crippen molar-refractivity contribution in [3.8, 4) is 5.75 Å². The van der Waals surface area contributed by atoms with Gasteiger partial charge < -0.3 is 15.4 Å². The molecule has 19 heavy (non-hydrogen) atoms. The number of carbonyl (C=O) groups is 1. The Hall–Kier alpha value is -1.71. The second-order valence-electron chi connectivity index (χ2n) is 5.10. The largest absolute Gasteiger partial charge is 0.495 e. The first-order valence-electron chi connectivity index (χ1n) is 6.88. The first-order valence-corrected chi connectivity index (χ1v) is 6.88. The van der Waals surface area contributed by atoms with Crippen LogP contribution in [-0.2, 0) is 0 Å². The van der Waals surface area contributed by atoms with E-state index in [1.165, 1.54) is 6.42 Å². The normalized spacial score (nSPS) is 16.4. The molecule has 0 atom stereocenters. The molecule has 0 aromatic heterocycles. The van der Waals surface area contributed by atoms with Crippen LogP contribution in [-0.4, -0.2) is 31.0 Å². The zero-order chi connectivity index (χ0) is 13.8. The number of carbonyl (C=O) groups excluding carboxylic acids is 1. The molecule has 0 spiro atoms. The van der Waals surface area contributed by atoms with Crippen LogP contribution in [0.3, 0.4) is 0 Å². The molecular formula is C15H22N2O2. The zero-order valence-corrected chi connectivity index (χ0v) is 11.7. The van der Waals surface area contributed by atoms with Gasteiger partial charge in [-0.1, -0.05) is 13.3 Å². The Kier molecular flexibility index (Phi) is 4.30. The van der Waals surface area contributed by atoms with Crippen LogP contribution in [0, 0.1) is 5.92 Å². The van der Waals surface area contributed by atoms with Crippen LogP contribution < -0.4 is 10.5 Å². The van der Waals surface area contributed by atoms with Gasteiger partial charge in [0, 0.05) is 18.7 Å². The number of benzene rings is 1. The van der Waals surface area contributed by atoms with E-state index in [1.54, 1.807) is 25.3 Å². The van der Waals surface area contributed by atoms with Gasteiger partial charge in [-0.15, -0.1) is 0 Å². The summed E-state index contributed by atoms with van der Waals surface area (Å²) in [5.41, 5.74) is 7.00. The van der Waals surface area contributed by atoms with Gasteiger partial charge in [0.2, 0.25) is 0 Å². The molecule has 1 aliphatic heterocycles. The average molecular weight is 262 g/mol. The number of nitrogen functional groups attached to an aromatic ring is 1. The van der Waals surface area contributed by atoms with Crippen LogP contribution >= 0.6 is 0 Å². The molecule has 0 saturated carbocycles. The number of amides is 1. The molecule has 104 valence electrons. The topological polar surface area (TPSA) is 55.6 Å². The van der Waals surface area contributed by atoms with Crippen molar-refractivity contribution in [2.45, 2.75) is 26.2 Å². The number of hydrogen-bond acceptors (Lipinski definition) is 3. The molecule has 1 aliphatic rings. The summed E-state index contributed by atoms with van der Waals surface area (Å²) in [5.74, 6) is 1.45. The van der Waals surface area contributed by atoms with E-state index >= 15 is 0 Å². The van der Waals surface area contributed by atoms with Gasteiger partial charge in [0.15, 0.2) is 0 Å². The molecule has 1 saturated heterocycles. The highest BCUT2D eigenvalue weighted by Crippen LogP contribution is 2.25. The summed E-state index contributed by atoms with van der Waals surface area (Å²) < 4.78 is 5.10. The highest BCUT2D eigenvalue weighted by molar-refractivity contribution is 5.95. The second kappa shape index (κ2) is 5.95. The number of hydrogen-bond donors (Lipinski definition) is 1. The predicted molar refractivity (Wildman–Crippen MR) is 76.3 cm³/mol. The summed E-state index contributed by atoms with van der Waals surface area (Å²) in [6, 6.07) is 5.23. The lowest BCUT2D eigenvalue weighted by atomic mass is 9.94. The lowest BCUT2D eigenvalue weighted by Gasteiger charge is -2.31. The Morgan fingerprint density at radius 1 is 1.42 bits per heavy atom. The molecule has 1 aromatic carbocycles. The van der Waals surface area contributed by atoms with Gasteiger partial charge in [0.05, 0.1) is 12.8 Å². The van der Waals surface area contributed by atoms with Gasteiger partial charge in [-0.2, -0.15) is 0 Å². The smallest absolute Gasteiger partial charge is 0.253 e. The zero-order valence-electron chi connectivity index (χ0n) is 11.7. The van der Waals surface area contributed by atoms with Crippen LogP contribution in [0.2, 0.25) is 0 Å². The fraction of sp³-hybridized carbons (Fsp3) is 0.533. The number of likely N-dealkylation sites (tertiary alicyclic amines) is 1. The van der Waals surface area contributed by atoms with E-state index in [-0.39, 0.29) is 5.91 Å². The molecule has 0 radical (unpaired) electrons. The number of anilines is 1. The maximum Gasteiger partial charge on any atom is 0.253 e. The highest BCUT2D eigenvalue weighted by atomic mass is 16.5. The van der Waals surface area contributed by atoms with E-state index in [1.807, 2.05) is 4.90 Å². The molecule has 4 nitrogen and oxygen atoms in total. The van der Waals surface area contributed by atoms with Gasteiger partial charge in [-0.3, -0.25) is 4.79 Å². The minimum Gasteiger partial charge on any atom is -0.495 e. The van der Waals surface area contributed by atoms with Crippen LogP contribution in [0.15, 0.2) is 18.2 Å². The third kappa shape index (κ3) is 3.00. The van der Waals surface area contributed by atoms with Crippen molar-refractivity contribution in [2.75, 3.05) is 25.9 Å². The quantitative estimate of drug-likeness (QED) is 0.852. The number of rotatable bonds is 3. The Labute approximate surface area is 114 Å². The molecule has 0 aliphatic carbocycles. The first kappa shape index (κ1) is 13.7. The van der Waals surface area contributed by atoms with E-state index in [0.29, 0.717) is 17.0 Å². The maximum absolute atomic E-state index is 12.4. The molecular weight excluding hydrogens is 240 g/mol. The molecule has 1 heterocycles. The highest BCUT2D eigenvalue weighted by Gasteiger charge is 2.23. The molecule has 2 rings (SSSR count). The van der Waals surface area contributed by atoms with E-state index in [4.69, 9.17) is 10.5 Å². The van der Waals surface area contributed by atoms with Crippen LogP contribution in [0.5, 0.6) is 5.75 Å². The third-order valence-corrected chi connectivity index (χ3v) is 3.96. The SMILES string of the molecule is CCC1CCN(C(=O)c2ccc(OC)c(N)c2)CC1. The summed E-state index contributed by atoms with van der Waals surface area (Å²) >= 11 is 0. The average Bonchev–Trinajstić information content (AvgIpc) is 2.46. The number of ether oxygens (including phenoxy) is 1. The van der Waals surface area contributed by atoms with E-state index in [2.05, 4.69) is 6.92 Å². The number of methoxy groups -OCH3 is 1. The van der Waals surface area contributed by atoms with Crippen LogP contribution in [0.25, 0.3) is 0 Å². The Balaban J connectivity index is 2.06. The summed E-state index contributed by atoms with van der Waals surface area (Å²) in [6.45, 7) is 3.92. The minimum absolute atomic E-state index is 0.0731. The van der Waals surface area contributed by atoms with Crippen molar-refractivity contribution in [3.05, 3.63) is 23.8 Å². The monoisotopic (exact) mass is 262 g/mol. The van der Waals surface area contributed by atoms with Crippen molar-refractivity contribution in [1.82, 2.24) is 4.90 Å². The van der Waals surface area contributed by atoms with Gasteiger partial charge in [-0.05, 0) is 37.0 Å². The van der Waals surface area contributed by atoms with Crippen LogP contribution in [0.4, 0.5) is 5.69 Å². The Morgan fingerprint density at radius 2 is 2.11 bits per heavy atom. The first-order chi connectivity index (χ1) is 9.15. The van der Waals surface area contributed by atoms with E-state index < -0.39 is 0 Å². The van der Waals surface area contributed by atoms with Gasteiger partial charge in [0.25, 0.3) is 5.91 Å². The fourth-order valence-electron chi connectivity index (χ4n) is 2.59. The minimum atomic E-state index is 0.0731. The standard InChI is InChI=1S/C15H22N2O2/c1-3-11-6-8-17(9-7-11)15(18)12-4-5-14(19-2)13(16)10-12/h4-5,10-11H,3,6-9,16H2,1-2H3. The van der Waals surface area contributed by atoms with Crippen molar-refractivity contribution in [1.29, 1.82) is 0 Å². The molecule has 0 bridgehead atoms.